The summed E-state index contributed by atoms with van der Waals surface area (Å²) in [6.07, 6.45) is 8.44. The van der Waals surface area contributed by atoms with Crippen LogP contribution in [-0.2, 0) is 9.59 Å². The summed E-state index contributed by atoms with van der Waals surface area (Å²) in [4.78, 5) is 35.3. The van der Waals surface area contributed by atoms with Crippen molar-refractivity contribution in [3.63, 3.8) is 0 Å². The van der Waals surface area contributed by atoms with Gasteiger partial charge in [0.05, 0.1) is 17.6 Å². The average molecular weight is 406 g/mol. The van der Waals surface area contributed by atoms with Crippen molar-refractivity contribution in [3.05, 3.63) is 54.3 Å². The zero-order valence-electron chi connectivity index (χ0n) is 17.3. The highest BCUT2D eigenvalue weighted by atomic mass is 16.2. The van der Waals surface area contributed by atoms with Gasteiger partial charge >= 0.3 is 0 Å². The number of fused-ring (bicyclic) bond motifs is 1. The van der Waals surface area contributed by atoms with Crippen LogP contribution in [0.25, 0.3) is 11.3 Å². The number of nitrogens with one attached hydrogen (secondary N) is 2. The van der Waals surface area contributed by atoms with Gasteiger partial charge in [-0.2, -0.15) is 0 Å². The standard InChI is InChI=1S/C22H26N6O2/c1-15-10-17(13-23-12-15)19-5-4-18(14-24-19)25-20(29)6-7-22(30)27-8-3-9-28-21(27)11-16(2)26-28/h4-5,10-14,16,26H,3,6-9H2,1-2H3,(H,25,29). The van der Waals surface area contributed by atoms with E-state index in [0.717, 1.165) is 35.6 Å². The second-order valence-electron chi connectivity index (χ2n) is 7.72. The Hall–Kier alpha value is -3.26. The van der Waals surface area contributed by atoms with Crippen LogP contribution in [0.2, 0.25) is 0 Å². The van der Waals surface area contributed by atoms with Crippen LogP contribution in [0.15, 0.2) is 48.7 Å². The van der Waals surface area contributed by atoms with Gasteiger partial charge in [-0.05, 0) is 50.1 Å². The monoisotopic (exact) mass is 406 g/mol. The zero-order valence-corrected chi connectivity index (χ0v) is 17.3. The Morgan fingerprint density at radius 1 is 1.20 bits per heavy atom. The molecule has 30 heavy (non-hydrogen) atoms. The predicted octanol–water partition coefficient (Wildman–Crippen LogP) is 2.45. The van der Waals surface area contributed by atoms with E-state index >= 15 is 0 Å². The molecule has 0 aliphatic carbocycles. The number of amides is 2. The smallest absolute Gasteiger partial charge is 0.228 e. The van der Waals surface area contributed by atoms with Crippen molar-refractivity contribution >= 4 is 17.5 Å². The van der Waals surface area contributed by atoms with Crippen molar-refractivity contribution < 1.29 is 9.59 Å². The Labute approximate surface area is 176 Å². The van der Waals surface area contributed by atoms with Crippen LogP contribution in [-0.4, -0.2) is 50.8 Å². The Bertz CT molecular complexity index is 972. The second-order valence-corrected chi connectivity index (χ2v) is 7.72. The molecule has 0 saturated carbocycles. The third-order valence-electron chi connectivity index (χ3n) is 5.16. The van der Waals surface area contributed by atoms with Gasteiger partial charge in [-0.15, -0.1) is 0 Å². The van der Waals surface area contributed by atoms with Crippen LogP contribution >= 0.6 is 0 Å². The van der Waals surface area contributed by atoms with Crippen LogP contribution < -0.4 is 10.7 Å². The predicted molar refractivity (Wildman–Crippen MR) is 114 cm³/mol. The maximum Gasteiger partial charge on any atom is 0.228 e. The van der Waals surface area contributed by atoms with E-state index in [4.69, 9.17) is 0 Å². The van der Waals surface area contributed by atoms with Crippen LogP contribution in [0.3, 0.4) is 0 Å². The van der Waals surface area contributed by atoms with E-state index in [0.29, 0.717) is 12.2 Å². The van der Waals surface area contributed by atoms with Crippen molar-refractivity contribution in [2.75, 3.05) is 18.4 Å². The topological polar surface area (TPSA) is 90.5 Å². The summed E-state index contributed by atoms with van der Waals surface area (Å²) in [5.41, 5.74) is 6.71. The number of carbonyl (C=O) groups is 2. The first kappa shape index (κ1) is 20.0. The molecule has 8 heteroatoms. The molecule has 2 aliphatic rings. The number of anilines is 1. The molecule has 1 saturated heterocycles. The fraction of sp³-hybridized carbons (Fsp3) is 0.364. The molecule has 1 unspecified atom stereocenters. The third kappa shape index (κ3) is 4.49. The first-order valence-corrected chi connectivity index (χ1v) is 10.2. The lowest BCUT2D eigenvalue weighted by Crippen LogP contribution is -2.48. The molecule has 0 radical (unpaired) electrons. The number of hydrogen-bond donors (Lipinski definition) is 2. The number of aromatic nitrogens is 2. The van der Waals surface area contributed by atoms with Crippen LogP contribution in [0, 0.1) is 6.92 Å². The highest BCUT2D eigenvalue weighted by Crippen LogP contribution is 2.23. The maximum atomic E-state index is 12.7. The normalized spacial score (nSPS) is 18.1. The van der Waals surface area contributed by atoms with Gasteiger partial charge in [-0.1, -0.05) is 0 Å². The van der Waals surface area contributed by atoms with Crippen molar-refractivity contribution in [2.24, 2.45) is 0 Å². The van der Waals surface area contributed by atoms with Crippen molar-refractivity contribution in [1.82, 2.24) is 25.3 Å². The number of hydrogen-bond acceptors (Lipinski definition) is 6. The molecule has 2 aromatic rings. The van der Waals surface area contributed by atoms with E-state index < -0.39 is 0 Å². The molecule has 1 atom stereocenters. The Morgan fingerprint density at radius 3 is 2.83 bits per heavy atom. The number of aryl methyl sites for hydroxylation is 1. The minimum Gasteiger partial charge on any atom is -0.325 e. The summed E-state index contributed by atoms with van der Waals surface area (Å²) < 4.78 is 0. The van der Waals surface area contributed by atoms with Gasteiger partial charge in [0.15, 0.2) is 0 Å². The van der Waals surface area contributed by atoms with Gasteiger partial charge < -0.3 is 5.32 Å². The molecule has 0 spiro atoms. The van der Waals surface area contributed by atoms with E-state index in [9.17, 15) is 9.59 Å². The highest BCUT2D eigenvalue weighted by molar-refractivity contribution is 5.93. The summed E-state index contributed by atoms with van der Waals surface area (Å²) >= 11 is 0. The second kappa shape index (κ2) is 8.62. The van der Waals surface area contributed by atoms with Gasteiger partial charge in [-0.3, -0.25) is 29.5 Å². The Morgan fingerprint density at radius 2 is 2.07 bits per heavy atom. The summed E-state index contributed by atoms with van der Waals surface area (Å²) in [5.74, 6) is 0.679. The minimum atomic E-state index is -0.198. The SMILES string of the molecule is Cc1cncc(-c2ccc(NC(=O)CCC(=O)N3CCCN4NC(C)C=C43)cn2)c1. The molecule has 8 nitrogen and oxygen atoms in total. The van der Waals surface area contributed by atoms with Gasteiger partial charge in [0.2, 0.25) is 11.8 Å². The van der Waals surface area contributed by atoms with E-state index in [-0.39, 0.29) is 30.7 Å². The fourth-order valence-electron chi connectivity index (χ4n) is 3.74. The van der Waals surface area contributed by atoms with Crippen molar-refractivity contribution in [3.8, 4) is 11.3 Å². The molecule has 2 aliphatic heterocycles. The zero-order chi connectivity index (χ0) is 21.1. The van der Waals surface area contributed by atoms with Gasteiger partial charge in [0.1, 0.15) is 5.82 Å². The lowest BCUT2D eigenvalue weighted by molar-refractivity contribution is -0.133. The Kier molecular flexibility index (Phi) is 5.76. The first-order valence-electron chi connectivity index (χ1n) is 10.2. The summed E-state index contributed by atoms with van der Waals surface area (Å²) in [6, 6.07) is 5.88. The first-order chi connectivity index (χ1) is 14.5. The van der Waals surface area contributed by atoms with Gasteiger partial charge in [0, 0.05) is 49.9 Å². The summed E-state index contributed by atoms with van der Waals surface area (Å²) in [6.45, 7) is 5.61. The van der Waals surface area contributed by atoms with E-state index in [1.54, 1.807) is 23.5 Å². The molecule has 2 aromatic heterocycles. The molecule has 2 amide bonds. The van der Waals surface area contributed by atoms with Gasteiger partial charge in [-0.25, -0.2) is 5.43 Å². The van der Waals surface area contributed by atoms with E-state index in [2.05, 4.69) is 27.6 Å². The molecule has 4 heterocycles. The Balaban J connectivity index is 1.30. The number of rotatable bonds is 5. The number of nitrogens with zero attached hydrogens (tertiary/aromatic N) is 4. The maximum absolute atomic E-state index is 12.7. The van der Waals surface area contributed by atoms with Crippen LogP contribution in [0.5, 0.6) is 0 Å². The van der Waals surface area contributed by atoms with Crippen LogP contribution in [0.1, 0.15) is 31.7 Å². The molecule has 0 aromatic carbocycles. The third-order valence-corrected chi connectivity index (χ3v) is 5.16. The molecule has 4 rings (SSSR count). The molecular weight excluding hydrogens is 380 g/mol. The number of carbonyl (C=O) groups excluding carboxylic acids is 2. The molecular formula is C22H26N6O2. The lowest BCUT2D eigenvalue weighted by atomic mass is 10.1. The summed E-state index contributed by atoms with van der Waals surface area (Å²) in [7, 11) is 0. The van der Waals surface area contributed by atoms with E-state index in [1.165, 1.54) is 0 Å². The van der Waals surface area contributed by atoms with Crippen LogP contribution in [0.4, 0.5) is 5.69 Å². The molecule has 0 bridgehead atoms. The van der Waals surface area contributed by atoms with E-state index in [1.807, 2.05) is 36.2 Å². The quantitative estimate of drug-likeness (QED) is 0.793. The minimum absolute atomic E-state index is 0.0302. The highest BCUT2D eigenvalue weighted by Gasteiger charge is 2.31. The van der Waals surface area contributed by atoms with Crippen molar-refractivity contribution in [2.45, 2.75) is 39.2 Å². The largest absolute Gasteiger partial charge is 0.325 e. The number of pyridine rings is 2. The molecule has 2 N–H and O–H groups in total. The summed E-state index contributed by atoms with van der Waals surface area (Å²) in [5, 5.41) is 4.84. The average Bonchev–Trinajstić information content (AvgIpc) is 3.12. The lowest BCUT2D eigenvalue weighted by Gasteiger charge is -2.36. The fourth-order valence-corrected chi connectivity index (χ4v) is 3.74. The van der Waals surface area contributed by atoms with Crippen molar-refractivity contribution in [1.29, 1.82) is 0 Å². The molecule has 156 valence electrons. The van der Waals surface area contributed by atoms with Gasteiger partial charge in [0.25, 0.3) is 0 Å². The number of hydrazine groups is 1. The molecule has 1 fully saturated rings.